The van der Waals surface area contributed by atoms with E-state index in [1.54, 1.807) is 0 Å². The van der Waals surface area contributed by atoms with E-state index in [0.29, 0.717) is 12.4 Å². The van der Waals surface area contributed by atoms with Crippen molar-refractivity contribution in [3.63, 3.8) is 0 Å². The van der Waals surface area contributed by atoms with Gasteiger partial charge >= 0.3 is 0 Å². The molecule has 0 radical (unpaired) electrons. The van der Waals surface area contributed by atoms with Crippen LogP contribution in [0.25, 0.3) is 0 Å². The van der Waals surface area contributed by atoms with Crippen molar-refractivity contribution < 1.29 is 14.3 Å². The summed E-state index contributed by atoms with van der Waals surface area (Å²) in [5, 5.41) is 3.26. The molecule has 1 saturated heterocycles. The molecule has 4 heteroatoms. The van der Waals surface area contributed by atoms with Gasteiger partial charge in [0.25, 0.3) is 0 Å². The molecule has 15 heavy (non-hydrogen) atoms. The largest absolute Gasteiger partial charge is 0.490 e. The SMILES string of the molecule is O=C(COC1CCNCC1)C1=CCCO1. The van der Waals surface area contributed by atoms with Crippen LogP contribution in [0.1, 0.15) is 19.3 Å². The Morgan fingerprint density at radius 3 is 3.00 bits per heavy atom. The first-order valence-corrected chi connectivity index (χ1v) is 5.55. The van der Waals surface area contributed by atoms with Crippen molar-refractivity contribution >= 4 is 5.78 Å². The van der Waals surface area contributed by atoms with Crippen LogP contribution in [0.2, 0.25) is 0 Å². The molecule has 0 aliphatic carbocycles. The van der Waals surface area contributed by atoms with E-state index < -0.39 is 0 Å². The Kier molecular flexibility index (Phi) is 3.75. The molecule has 1 fully saturated rings. The number of carbonyl (C=O) groups excluding carboxylic acids is 1. The molecular formula is C11H17NO3. The Balaban J connectivity index is 1.70. The number of carbonyl (C=O) groups is 1. The second-order valence-electron chi connectivity index (χ2n) is 3.89. The van der Waals surface area contributed by atoms with Crippen LogP contribution in [0.3, 0.4) is 0 Å². The summed E-state index contributed by atoms with van der Waals surface area (Å²) in [6.07, 6.45) is 4.90. The van der Waals surface area contributed by atoms with Crippen molar-refractivity contribution in [1.29, 1.82) is 0 Å². The smallest absolute Gasteiger partial charge is 0.222 e. The van der Waals surface area contributed by atoms with Gasteiger partial charge in [-0.15, -0.1) is 0 Å². The summed E-state index contributed by atoms with van der Waals surface area (Å²) in [4.78, 5) is 11.6. The van der Waals surface area contributed by atoms with Gasteiger partial charge in [0, 0.05) is 6.42 Å². The highest BCUT2D eigenvalue weighted by molar-refractivity contribution is 5.94. The van der Waals surface area contributed by atoms with Gasteiger partial charge in [0.1, 0.15) is 6.61 Å². The molecule has 1 N–H and O–H groups in total. The summed E-state index contributed by atoms with van der Waals surface area (Å²) in [7, 11) is 0. The normalized spacial score (nSPS) is 22.3. The fourth-order valence-corrected chi connectivity index (χ4v) is 1.84. The zero-order valence-electron chi connectivity index (χ0n) is 8.83. The second kappa shape index (κ2) is 5.28. The van der Waals surface area contributed by atoms with E-state index in [0.717, 1.165) is 32.4 Å². The first kappa shape index (κ1) is 10.6. The van der Waals surface area contributed by atoms with Crippen LogP contribution >= 0.6 is 0 Å². The van der Waals surface area contributed by atoms with Crippen molar-refractivity contribution in [1.82, 2.24) is 5.32 Å². The third-order valence-electron chi connectivity index (χ3n) is 2.72. The molecule has 2 aliphatic heterocycles. The minimum Gasteiger partial charge on any atom is -0.490 e. The number of ketones is 1. The van der Waals surface area contributed by atoms with Gasteiger partial charge in [-0.3, -0.25) is 4.79 Å². The highest BCUT2D eigenvalue weighted by atomic mass is 16.5. The van der Waals surface area contributed by atoms with E-state index in [1.165, 1.54) is 0 Å². The van der Waals surface area contributed by atoms with Crippen molar-refractivity contribution in [2.75, 3.05) is 26.3 Å². The van der Waals surface area contributed by atoms with Crippen LogP contribution < -0.4 is 5.32 Å². The quantitative estimate of drug-likeness (QED) is 0.741. The van der Waals surface area contributed by atoms with Crippen LogP contribution in [-0.4, -0.2) is 38.2 Å². The molecule has 0 aromatic rings. The predicted molar refractivity (Wildman–Crippen MR) is 55.5 cm³/mol. The maximum Gasteiger partial charge on any atom is 0.222 e. The molecule has 4 nitrogen and oxygen atoms in total. The number of piperidine rings is 1. The summed E-state index contributed by atoms with van der Waals surface area (Å²) in [5.74, 6) is 0.468. The molecule has 2 heterocycles. The minimum absolute atomic E-state index is 0.0222. The van der Waals surface area contributed by atoms with Crippen LogP contribution in [0, 0.1) is 0 Å². The highest BCUT2D eigenvalue weighted by Gasteiger charge is 2.18. The Hall–Kier alpha value is -0.870. The summed E-state index contributed by atoms with van der Waals surface area (Å²) in [5.41, 5.74) is 0. The molecule has 0 amide bonds. The highest BCUT2D eigenvalue weighted by Crippen LogP contribution is 2.12. The fourth-order valence-electron chi connectivity index (χ4n) is 1.84. The average Bonchev–Trinajstić information content (AvgIpc) is 2.81. The lowest BCUT2D eigenvalue weighted by atomic mass is 10.1. The lowest BCUT2D eigenvalue weighted by Crippen LogP contribution is -2.33. The molecule has 2 aliphatic rings. The van der Waals surface area contributed by atoms with E-state index in [4.69, 9.17) is 9.47 Å². The maximum atomic E-state index is 11.6. The first-order chi connectivity index (χ1) is 7.36. The summed E-state index contributed by atoms with van der Waals surface area (Å²) < 4.78 is 10.7. The lowest BCUT2D eigenvalue weighted by Gasteiger charge is -2.22. The molecule has 0 spiro atoms. The Labute approximate surface area is 89.6 Å². The van der Waals surface area contributed by atoms with Gasteiger partial charge in [0.05, 0.1) is 12.7 Å². The number of nitrogens with one attached hydrogen (secondary N) is 1. The van der Waals surface area contributed by atoms with Gasteiger partial charge in [-0.2, -0.15) is 0 Å². The molecule has 0 aromatic carbocycles. The third-order valence-corrected chi connectivity index (χ3v) is 2.72. The standard InChI is InChI=1S/C11H17NO3/c13-10(11-2-1-7-14-11)8-15-9-3-5-12-6-4-9/h2,9,12H,1,3-8H2. The maximum absolute atomic E-state index is 11.6. The molecule has 0 saturated carbocycles. The summed E-state index contributed by atoms with van der Waals surface area (Å²) in [6, 6.07) is 0. The van der Waals surface area contributed by atoms with E-state index in [9.17, 15) is 4.79 Å². The lowest BCUT2D eigenvalue weighted by molar-refractivity contribution is -0.125. The molecule has 0 unspecified atom stereocenters. The van der Waals surface area contributed by atoms with Crippen molar-refractivity contribution in [2.45, 2.75) is 25.4 Å². The zero-order chi connectivity index (χ0) is 10.5. The van der Waals surface area contributed by atoms with Crippen LogP contribution in [0.15, 0.2) is 11.8 Å². The molecule has 0 bridgehead atoms. The van der Waals surface area contributed by atoms with Crippen LogP contribution in [0.5, 0.6) is 0 Å². The summed E-state index contributed by atoms with van der Waals surface area (Å²) in [6.45, 7) is 2.76. The van der Waals surface area contributed by atoms with Crippen LogP contribution in [-0.2, 0) is 14.3 Å². The molecule has 0 atom stereocenters. The topological polar surface area (TPSA) is 47.6 Å². The zero-order valence-corrected chi connectivity index (χ0v) is 8.83. The third kappa shape index (κ3) is 3.04. The van der Waals surface area contributed by atoms with Gasteiger partial charge < -0.3 is 14.8 Å². The van der Waals surface area contributed by atoms with E-state index in [-0.39, 0.29) is 18.5 Å². The van der Waals surface area contributed by atoms with E-state index in [1.807, 2.05) is 6.08 Å². The molecule has 2 rings (SSSR count). The number of hydrogen-bond donors (Lipinski definition) is 1. The first-order valence-electron chi connectivity index (χ1n) is 5.55. The van der Waals surface area contributed by atoms with Gasteiger partial charge in [0.2, 0.25) is 5.78 Å². The molecule has 0 aromatic heterocycles. The predicted octanol–water partition coefficient (Wildman–Crippen LogP) is 0.628. The van der Waals surface area contributed by atoms with Crippen molar-refractivity contribution in [3.05, 3.63) is 11.8 Å². The number of Topliss-reactive ketones (excluding diaryl/α,β-unsaturated/α-hetero) is 1. The Bertz CT molecular complexity index is 257. The minimum atomic E-state index is -0.0222. The van der Waals surface area contributed by atoms with Gasteiger partial charge in [-0.25, -0.2) is 0 Å². The van der Waals surface area contributed by atoms with Crippen molar-refractivity contribution in [2.24, 2.45) is 0 Å². The molecular weight excluding hydrogens is 194 g/mol. The average molecular weight is 211 g/mol. The van der Waals surface area contributed by atoms with Crippen molar-refractivity contribution in [3.8, 4) is 0 Å². The van der Waals surface area contributed by atoms with E-state index >= 15 is 0 Å². The summed E-state index contributed by atoms with van der Waals surface area (Å²) >= 11 is 0. The van der Waals surface area contributed by atoms with Gasteiger partial charge in [-0.1, -0.05) is 0 Å². The monoisotopic (exact) mass is 211 g/mol. The second-order valence-corrected chi connectivity index (χ2v) is 3.89. The molecule has 84 valence electrons. The fraction of sp³-hybridized carbons (Fsp3) is 0.727. The number of rotatable bonds is 4. The number of hydrogen-bond acceptors (Lipinski definition) is 4. The van der Waals surface area contributed by atoms with Crippen LogP contribution in [0.4, 0.5) is 0 Å². The van der Waals surface area contributed by atoms with Gasteiger partial charge in [0.15, 0.2) is 5.76 Å². The Morgan fingerprint density at radius 1 is 1.53 bits per heavy atom. The van der Waals surface area contributed by atoms with Gasteiger partial charge in [-0.05, 0) is 32.0 Å². The Morgan fingerprint density at radius 2 is 2.33 bits per heavy atom. The number of ether oxygens (including phenoxy) is 2. The van der Waals surface area contributed by atoms with E-state index in [2.05, 4.69) is 5.32 Å².